The van der Waals surface area contributed by atoms with Gasteiger partial charge < -0.3 is 4.90 Å². The SMILES string of the molecule is CC1(C)CN(C(=O)c2ccc(-c3ccncc3)cc2)CCN1S(=O)(=O)c1ccc2cc(Cl)ccc2c1. The van der Waals surface area contributed by atoms with Crippen molar-refractivity contribution in [2.45, 2.75) is 24.3 Å². The zero-order valence-electron chi connectivity index (χ0n) is 20.1. The van der Waals surface area contributed by atoms with Crippen molar-refractivity contribution < 1.29 is 13.2 Å². The molecule has 6 nitrogen and oxygen atoms in total. The van der Waals surface area contributed by atoms with Crippen molar-refractivity contribution in [3.63, 3.8) is 0 Å². The Labute approximate surface area is 216 Å². The van der Waals surface area contributed by atoms with Gasteiger partial charge in [0, 0.05) is 48.2 Å². The minimum Gasteiger partial charge on any atom is -0.335 e. The number of piperazine rings is 1. The molecule has 1 saturated heterocycles. The van der Waals surface area contributed by atoms with Gasteiger partial charge in [-0.2, -0.15) is 4.31 Å². The molecular weight excluding hydrogens is 494 g/mol. The number of benzene rings is 3. The highest BCUT2D eigenvalue weighted by atomic mass is 35.5. The number of nitrogens with zero attached hydrogens (tertiary/aromatic N) is 3. The van der Waals surface area contributed by atoms with E-state index >= 15 is 0 Å². The number of halogens is 1. The molecule has 0 spiro atoms. The van der Waals surface area contributed by atoms with Crippen LogP contribution in [0.5, 0.6) is 0 Å². The first-order chi connectivity index (χ1) is 17.1. The number of fused-ring (bicyclic) bond motifs is 1. The third kappa shape index (κ3) is 4.62. The number of rotatable bonds is 4. The zero-order valence-corrected chi connectivity index (χ0v) is 21.6. The van der Waals surface area contributed by atoms with Gasteiger partial charge in [0.1, 0.15) is 0 Å². The maximum atomic E-state index is 13.6. The fourth-order valence-electron chi connectivity index (χ4n) is 4.77. The van der Waals surface area contributed by atoms with Gasteiger partial charge in [-0.3, -0.25) is 9.78 Å². The van der Waals surface area contributed by atoms with Gasteiger partial charge >= 0.3 is 0 Å². The molecule has 1 amide bonds. The molecule has 4 aromatic rings. The number of amides is 1. The molecule has 0 bridgehead atoms. The topological polar surface area (TPSA) is 70.6 Å². The lowest BCUT2D eigenvalue weighted by molar-refractivity contribution is 0.0495. The lowest BCUT2D eigenvalue weighted by Crippen LogP contribution is -2.61. The first-order valence-electron chi connectivity index (χ1n) is 11.7. The smallest absolute Gasteiger partial charge is 0.253 e. The summed E-state index contributed by atoms with van der Waals surface area (Å²) < 4.78 is 28.8. The van der Waals surface area contributed by atoms with Gasteiger partial charge in [0.2, 0.25) is 10.0 Å². The van der Waals surface area contributed by atoms with Crippen LogP contribution in [0.15, 0.2) is 90.1 Å². The molecule has 0 atom stereocenters. The standard InChI is InChI=1S/C28H26ClN3O3S/c1-28(2)19-31(27(33)22-5-3-20(4-6-22)21-11-13-30-14-12-21)15-16-32(28)36(34,35)26-10-8-23-17-25(29)9-7-24(23)18-26/h3-14,17-18H,15-16,19H2,1-2H3. The number of hydrogen-bond donors (Lipinski definition) is 0. The fourth-order valence-corrected chi connectivity index (χ4v) is 6.75. The van der Waals surface area contributed by atoms with Gasteiger partial charge in [0.15, 0.2) is 0 Å². The van der Waals surface area contributed by atoms with Gasteiger partial charge in [0.25, 0.3) is 5.91 Å². The highest BCUT2D eigenvalue weighted by Gasteiger charge is 2.43. The molecule has 0 radical (unpaired) electrons. The summed E-state index contributed by atoms with van der Waals surface area (Å²) in [6.07, 6.45) is 3.47. The Morgan fingerprint density at radius 2 is 1.50 bits per heavy atom. The van der Waals surface area contributed by atoms with E-state index in [0.29, 0.717) is 23.7 Å². The first kappa shape index (κ1) is 24.4. The molecule has 0 aliphatic carbocycles. The van der Waals surface area contributed by atoms with E-state index < -0.39 is 15.6 Å². The highest BCUT2D eigenvalue weighted by Crippen LogP contribution is 2.31. The monoisotopic (exact) mass is 519 g/mol. The van der Waals surface area contributed by atoms with Crippen LogP contribution in [0.4, 0.5) is 0 Å². The van der Waals surface area contributed by atoms with E-state index in [0.717, 1.165) is 21.9 Å². The first-order valence-corrected chi connectivity index (χ1v) is 13.5. The van der Waals surface area contributed by atoms with Crippen molar-refractivity contribution in [1.82, 2.24) is 14.2 Å². The average Bonchev–Trinajstić information content (AvgIpc) is 2.87. The van der Waals surface area contributed by atoms with E-state index in [1.807, 2.05) is 62.4 Å². The normalized spacial score (nSPS) is 16.2. The number of carbonyl (C=O) groups excluding carboxylic acids is 1. The zero-order chi connectivity index (χ0) is 25.5. The number of carbonyl (C=O) groups is 1. The van der Waals surface area contributed by atoms with Crippen LogP contribution in [0, 0.1) is 0 Å². The van der Waals surface area contributed by atoms with Crippen molar-refractivity contribution in [2.24, 2.45) is 0 Å². The summed E-state index contributed by atoms with van der Waals surface area (Å²) in [5.41, 5.74) is 1.83. The van der Waals surface area contributed by atoms with Crippen LogP contribution in [0.2, 0.25) is 5.02 Å². The number of aromatic nitrogens is 1. The van der Waals surface area contributed by atoms with Gasteiger partial charge in [-0.25, -0.2) is 8.42 Å². The summed E-state index contributed by atoms with van der Waals surface area (Å²) in [7, 11) is -3.76. The minimum absolute atomic E-state index is 0.107. The van der Waals surface area contributed by atoms with Gasteiger partial charge in [0.05, 0.1) is 4.90 Å². The van der Waals surface area contributed by atoms with Crippen molar-refractivity contribution in [2.75, 3.05) is 19.6 Å². The Kier molecular flexibility index (Phi) is 6.32. The lowest BCUT2D eigenvalue weighted by Gasteiger charge is -2.46. The Morgan fingerprint density at radius 1 is 0.861 bits per heavy atom. The predicted octanol–water partition coefficient (Wildman–Crippen LogP) is 5.48. The summed E-state index contributed by atoms with van der Waals surface area (Å²) in [5, 5.41) is 2.29. The second kappa shape index (κ2) is 9.32. The van der Waals surface area contributed by atoms with Crippen molar-refractivity contribution in [1.29, 1.82) is 0 Å². The molecule has 0 saturated carbocycles. The molecule has 1 aliphatic heterocycles. The third-order valence-corrected chi connectivity index (χ3v) is 8.96. The molecule has 1 aliphatic rings. The minimum atomic E-state index is -3.76. The van der Waals surface area contributed by atoms with E-state index in [1.54, 1.807) is 41.6 Å². The third-order valence-electron chi connectivity index (χ3n) is 6.62. The van der Waals surface area contributed by atoms with Gasteiger partial charge in [-0.1, -0.05) is 35.9 Å². The van der Waals surface area contributed by atoms with Crippen LogP contribution in [0.3, 0.4) is 0 Å². The Balaban J connectivity index is 1.34. The molecule has 1 fully saturated rings. The van der Waals surface area contributed by atoms with Crippen LogP contribution >= 0.6 is 11.6 Å². The van der Waals surface area contributed by atoms with Crippen LogP contribution in [0.25, 0.3) is 21.9 Å². The second-order valence-electron chi connectivity index (χ2n) is 9.58. The average molecular weight is 520 g/mol. The molecule has 8 heteroatoms. The van der Waals surface area contributed by atoms with Gasteiger partial charge in [-0.05, 0) is 84.3 Å². The van der Waals surface area contributed by atoms with Crippen molar-refractivity contribution in [3.05, 3.63) is 95.8 Å². The largest absolute Gasteiger partial charge is 0.335 e. The molecule has 2 heterocycles. The second-order valence-corrected chi connectivity index (χ2v) is 11.9. The van der Waals surface area contributed by atoms with Gasteiger partial charge in [-0.15, -0.1) is 0 Å². The predicted molar refractivity (Wildman–Crippen MR) is 143 cm³/mol. The quantitative estimate of drug-likeness (QED) is 0.358. The lowest BCUT2D eigenvalue weighted by atomic mass is 10.0. The van der Waals surface area contributed by atoms with Crippen LogP contribution in [-0.4, -0.2) is 53.7 Å². The molecule has 5 rings (SSSR count). The molecule has 36 heavy (non-hydrogen) atoms. The summed E-state index contributed by atoms with van der Waals surface area (Å²) >= 11 is 6.07. The Bertz CT molecular complexity index is 1540. The van der Waals surface area contributed by atoms with E-state index in [2.05, 4.69) is 4.98 Å². The number of hydrogen-bond acceptors (Lipinski definition) is 4. The van der Waals surface area contributed by atoms with E-state index in [-0.39, 0.29) is 17.3 Å². The van der Waals surface area contributed by atoms with Crippen LogP contribution in [0.1, 0.15) is 24.2 Å². The van der Waals surface area contributed by atoms with E-state index in [1.165, 1.54) is 4.31 Å². The fraction of sp³-hybridized carbons (Fsp3) is 0.214. The molecule has 184 valence electrons. The summed E-state index contributed by atoms with van der Waals surface area (Å²) in [5.74, 6) is -0.107. The highest BCUT2D eigenvalue weighted by molar-refractivity contribution is 7.89. The van der Waals surface area contributed by atoms with Crippen molar-refractivity contribution in [3.8, 4) is 11.1 Å². The summed E-state index contributed by atoms with van der Waals surface area (Å²) in [4.78, 5) is 19.3. The summed E-state index contributed by atoms with van der Waals surface area (Å²) in [6, 6.07) is 21.8. The molecule has 1 aromatic heterocycles. The summed E-state index contributed by atoms with van der Waals surface area (Å²) in [6.45, 7) is 4.54. The molecular formula is C28H26ClN3O3S. The Hall–Kier alpha value is -3.26. The Morgan fingerprint density at radius 3 is 2.19 bits per heavy atom. The molecule has 3 aromatic carbocycles. The van der Waals surface area contributed by atoms with Crippen LogP contribution in [-0.2, 0) is 10.0 Å². The maximum absolute atomic E-state index is 13.6. The van der Waals surface area contributed by atoms with Crippen LogP contribution < -0.4 is 0 Å². The maximum Gasteiger partial charge on any atom is 0.253 e. The molecule has 0 N–H and O–H groups in total. The number of sulfonamides is 1. The number of pyridine rings is 1. The molecule has 0 unspecified atom stereocenters. The van der Waals surface area contributed by atoms with E-state index in [4.69, 9.17) is 11.6 Å². The van der Waals surface area contributed by atoms with E-state index in [9.17, 15) is 13.2 Å². The van der Waals surface area contributed by atoms with Crippen molar-refractivity contribution >= 4 is 38.3 Å².